The van der Waals surface area contributed by atoms with Crippen molar-refractivity contribution in [2.75, 3.05) is 0 Å². The summed E-state index contributed by atoms with van der Waals surface area (Å²) in [5.41, 5.74) is 7.99. The van der Waals surface area contributed by atoms with Crippen LogP contribution in [-0.4, -0.2) is 16.7 Å². The van der Waals surface area contributed by atoms with Gasteiger partial charge in [-0.3, -0.25) is 4.98 Å². The van der Waals surface area contributed by atoms with Gasteiger partial charge in [-0.15, -0.1) is 0 Å². The maximum Gasteiger partial charge on any atom is 0.170 e. The number of pyridine rings is 1. The van der Waals surface area contributed by atoms with E-state index >= 15 is 0 Å². The minimum Gasteiger partial charge on any atom is -0.456 e. The summed E-state index contributed by atoms with van der Waals surface area (Å²) >= 11 is 0. The molecular weight excluding hydrogens is 592 g/mol. The molecule has 4 heterocycles. The Balaban J connectivity index is 1.18. The lowest BCUT2D eigenvalue weighted by Gasteiger charge is -2.23. The fraction of sp³-hybridized carbons (Fsp3) is 0.0238. The van der Waals surface area contributed by atoms with Crippen LogP contribution in [0.5, 0.6) is 0 Å². The lowest BCUT2D eigenvalue weighted by atomic mass is 10.0. The average molecular weight is 619 g/mol. The van der Waals surface area contributed by atoms with Gasteiger partial charge in [-0.1, -0.05) is 109 Å². The molecule has 1 unspecified atom stereocenters. The maximum atomic E-state index is 6.45. The molecule has 6 heteroatoms. The van der Waals surface area contributed by atoms with Gasteiger partial charge in [0.1, 0.15) is 34.0 Å². The third-order valence-corrected chi connectivity index (χ3v) is 9.18. The Morgan fingerprint density at radius 2 is 1.23 bits per heavy atom. The summed E-state index contributed by atoms with van der Waals surface area (Å²) in [5, 5.41) is 9.90. The molecule has 9 aromatic rings. The molecule has 1 atom stereocenters. The number of aliphatic imine (C=N–C) groups is 2. The van der Waals surface area contributed by atoms with E-state index in [0.717, 1.165) is 83.0 Å². The van der Waals surface area contributed by atoms with E-state index in [1.54, 1.807) is 0 Å². The third-order valence-electron chi connectivity index (χ3n) is 9.18. The fourth-order valence-corrected chi connectivity index (χ4v) is 6.91. The summed E-state index contributed by atoms with van der Waals surface area (Å²) in [5.74, 6) is 1.46. The van der Waals surface area contributed by atoms with Gasteiger partial charge in [0.15, 0.2) is 6.17 Å². The van der Waals surface area contributed by atoms with Crippen LogP contribution in [0.2, 0.25) is 0 Å². The third kappa shape index (κ3) is 4.23. The van der Waals surface area contributed by atoms with Crippen LogP contribution < -0.4 is 5.32 Å². The second-order valence-electron chi connectivity index (χ2n) is 12.0. The summed E-state index contributed by atoms with van der Waals surface area (Å²) < 4.78 is 12.7. The number of benzene rings is 6. The Hall–Kier alpha value is -6.53. The van der Waals surface area contributed by atoms with E-state index in [4.69, 9.17) is 23.8 Å². The summed E-state index contributed by atoms with van der Waals surface area (Å²) in [7, 11) is 0. The van der Waals surface area contributed by atoms with Crippen LogP contribution in [0, 0.1) is 0 Å². The van der Waals surface area contributed by atoms with Crippen molar-refractivity contribution in [2.45, 2.75) is 6.17 Å². The molecule has 0 saturated heterocycles. The van der Waals surface area contributed by atoms with Crippen LogP contribution >= 0.6 is 0 Å². The SMILES string of the molecule is c1ccc(-c2cc3oc4cccc(C5=NC(c6cccc7oc8ccccc8c67)N=C(c6ccc7ccccc7c6)N5)c4c3cn2)cc1. The number of hydrogen-bond acceptors (Lipinski definition) is 6. The number of rotatable bonds is 4. The number of nitrogens with zero attached hydrogens (tertiary/aromatic N) is 3. The highest BCUT2D eigenvalue weighted by molar-refractivity contribution is 6.24. The molecule has 0 aliphatic carbocycles. The molecular formula is C42H26N4O2. The number of nitrogens with one attached hydrogen (secondary N) is 1. The lowest BCUT2D eigenvalue weighted by Crippen LogP contribution is -2.36. The molecule has 6 aromatic carbocycles. The Morgan fingerprint density at radius 1 is 0.500 bits per heavy atom. The fourth-order valence-electron chi connectivity index (χ4n) is 6.91. The predicted octanol–water partition coefficient (Wildman–Crippen LogP) is 10.2. The minimum absolute atomic E-state index is 0.524. The molecule has 0 amide bonds. The summed E-state index contributed by atoms with van der Waals surface area (Å²) in [6, 6.07) is 47.3. The molecule has 1 N–H and O–H groups in total. The van der Waals surface area contributed by atoms with Crippen molar-refractivity contribution in [3.63, 3.8) is 0 Å². The highest BCUT2D eigenvalue weighted by Crippen LogP contribution is 2.38. The van der Waals surface area contributed by atoms with Crippen LogP contribution in [0.25, 0.3) is 65.9 Å². The van der Waals surface area contributed by atoms with Crippen LogP contribution in [-0.2, 0) is 0 Å². The molecule has 48 heavy (non-hydrogen) atoms. The van der Waals surface area contributed by atoms with E-state index in [1.807, 2.05) is 72.9 Å². The first-order valence-electron chi connectivity index (χ1n) is 16.0. The normalized spacial score (nSPS) is 14.9. The van der Waals surface area contributed by atoms with Gasteiger partial charge < -0.3 is 14.2 Å². The smallest absolute Gasteiger partial charge is 0.170 e. The van der Waals surface area contributed by atoms with Gasteiger partial charge in [-0.2, -0.15) is 0 Å². The Kier molecular flexibility index (Phi) is 5.84. The topological polar surface area (TPSA) is 75.9 Å². The lowest BCUT2D eigenvalue weighted by molar-refractivity contribution is 0.667. The molecule has 1 aliphatic rings. The van der Waals surface area contributed by atoms with Gasteiger partial charge in [0.25, 0.3) is 0 Å². The van der Waals surface area contributed by atoms with Crippen molar-refractivity contribution in [2.24, 2.45) is 9.98 Å². The van der Waals surface area contributed by atoms with Crippen molar-refractivity contribution >= 4 is 66.3 Å². The zero-order chi connectivity index (χ0) is 31.6. The maximum absolute atomic E-state index is 6.45. The number of aromatic nitrogens is 1. The first-order chi connectivity index (χ1) is 23.8. The molecule has 1 aliphatic heterocycles. The standard InChI is InChI=1S/C42H26N4O2/c1-2-11-26(12-3-1)33-23-37-32(24-43-33)39-31(16-9-19-36(39)48-37)42-45-40(28-21-20-25-10-4-5-13-27(25)22-28)44-41(46-42)30-15-8-18-35-38(30)29-14-6-7-17-34(29)47-35/h1-24,41H,(H,44,45,46). The van der Waals surface area contributed by atoms with Crippen molar-refractivity contribution in [1.82, 2.24) is 10.3 Å². The van der Waals surface area contributed by atoms with Crippen molar-refractivity contribution in [1.29, 1.82) is 0 Å². The molecule has 0 radical (unpaired) electrons. The van der Waals surface area contributed by atoms with E-state index in [9.17, 15) is 0 Å². The number of para-hydroxylation sites is 1. The molecule has 0 bridgehead atoms. The molecule has 0 saturated carbocycles. The summed E-state index contributed by atoms with van der Waals surface area (Å²) in [6.45, 7) is 0. The molecule has 10 rings (SSSR count). The second-order valence-corrected chi connectivity index (χ2v) is 12.0. The van der Waals surface area contributed by atoms with E-state index in [-0.39, 0.29) is 0 Å². The van der Waals surface area contributed by atoms with Crippen molar-refractivity contribution in [3.05, 3.63) is 162 Å². The van der Waals surface area contributed by atoms with Gasteiger partial charge >= 0.3 is 0 Å². The monoisotopic (exact) mass is 618 g/mol. The molecule has 0 fully saturated rings. The zero-order valence-corrected chi connectivity index (χ0v) is 25.6. The van der Waals surface area contributed by atoms with Crippen LogP contribution in [0.3, 0.4) is 0 Å². The Labute approximate surface area is 274 Å². The highest BCUT2D eigenvalue weighted by Gasteiger charge is 2.26. The first kappa shape index (κ1) is 26.7. The van der Waals surface area contributed by atoms with E-state index < -0.39 is 6.17 Å². The van der Waals surface area contributed by atoms with E-state index in [1.165, 1.54) is 5.39 Å². The largest absolute Gasteiger partial charge is 0.456 e. The summed E-state index contributed by atoms with van der Waals surface area (Å²) in [4.78, 5) is 15.4. The van der Waals surface area contributed by atoms with Crippen LogP contribution in [0.15, 0.2) is 165 Å². The highest BCUT2D eigenvalue weighted by atomic mass is 16.3. The van der Waals surface area contributed by atoms with Gasteiger partial charge in [-0.05, 0) is 35.0 Å². The average Bonchev–Trinajstić information content (AvgIpc) is 3.73. The van der Waals surface area contributed by atoms with E-state index in [0.29, 0.717) is 5.84 Å². The zero-order valence-electron chi connectivity index (χ0n) is 25.6. The Morgan fingerprint density at radius 3 is 2.15 bits per heavy atom. The van der Waals surface area contributed by atoms with E-state index in [2.05, 4.69) is 78.1 Å². The molecule has 3 aromatic heterocycles. The number of furan rings is 2. The number of fused-ring (bicyclic) bond motifs is 7. The first-order valence-corrected chi connectivity index (χ1v) is 16.0. The summed E-state index contributed by atoms with van der Waals surface area (Å²) in [6.07, 6.45) is 1.38. The number of amidine groups is 2. The Bertz CT molecular complexity index is 2770. The van der Waals surface area contributed by atoms with Gasteiger partial charge in [-0.25, -0.2) is 9.98 Å². The minimum atomic E-state index is -0.524. The molecule has 0 spiro atoms. The number of hydrogen-bond donors (Lipinski definition) is 1. The van der Waals surface area contributed by atoms with Crippen LogP contribution in [0.4, 0.5) is 0 Å². The van der Waals surface area contributed by atoms with Gasteiger partial charge in [0.05, 0.1) is 5.69 Å². The predicted molar refractivity (Wildman–Crippen MR) is 194 cm³/mol. The molecule has 226 valence electrons. The molecule has 6 nitrogen and oxygen atoms in total. The second kappa shape index (κ2) is 10.5. The van der Waals surface area contributed by atoms with Crippen molar-refractivity contribution < 1.29 is 8.83 Å². The van der Waals surface area contributed by atoms with Crippen molar-refractivity contribution in [3.8, 4) is 11.3 Å². The van der Waals surface area contributed by atoms with Crippen LogP contribution in [0.1, 0.15) is 22.9 Å². The van der Waals surface area contributed by atoms with Gasteiger partial charge in [0.2, 0.25) is 0 Å². The van der Waals surface area contributed by atoms with Gasteiger partial charge in [0, 0.05) is 56.1 Å². The quantitative estimate of drug-likeness (QED) is 0.213.